The van der Waals surface area contributed by atoms with E-state index in [1.54, 1.807) is 6.92 Å². The fraction of sp³-hybridized carbons (Fsp3) is 0.294. The second kappa shape index (κ2) is 6.82. The molecule has 2 atom stereocenters. The van der Waals surface area contributed by atoms with Gasteiger partial charge in [0.05, 0.1) is 12.1 Å². The standard InChI is InChI=1S/C17H19BrClNO/c1-11(14-6-4-5-7-17(14)19)20(3)13-8-9-15(12(2)21)16(18)10-13/h4-12,21H,1-3H3. The van der Waals surface area contributed by atoms with Crippen LogP contribution in [0.5, 0.6) is 0 Å². The van der Waals surface area contributed by atoms with Gasteiger partial charge in [0.2, 0.25) is 0 Å². The summed E-state index contributed by atoms with van der Waals surface area (Å²) in [6, 6.07) is 14.0. The molecule has 0 aliphatic rings. The van der Waals surface area contributed by atoms with Crippen LogP contribution in [0, 0.1) is 0 Å². The first-order chi connectivity index (χ1) is 9.91. The quantitative estimate of drug-likeness (QED) is 0.786. The first kappa shape index (κ1) is 16.3. The van der Waals surface area contributed by atoms with Crippen LogP contribution in [0.3, 0.4) is 0 Å². The van der Waals surface area contributed by atoms with Crippen molar-refractivity contribution in [2.24, 2.45) is 0 Å². The Morgan fingerprint density at radius 1 is 1.10 bits per heavy atom. The zero-order valence-corrected chi connectivity index (χ0v) is 14.7. The fourth-order valence-corrected chi connectivity index (χ4v) is 3.31. The molecule has 0 aliphatic carbocycles. The second-order valence-electron chi connectivity index (χ2n) is 5.19. The van der Waals surface area contributed by atoms with Crippen LogP contribution >= 0.6 is 27.5 Å². The number of halogens is 2. The lowest BCUT2D eigenvalue weighted by Gasteiger charge is -2.28. The van der Waals surface area contributed by atoms with Gasteiger partial charge in [0.15, 0.2) is 0 Å². The Hall–Kier alpha value is -1.03. The van der Waals surface area contributed by atoms with Crippen molar-refractivity contribution < 1.29 is 5.11 Å². The van der Waals surface area contributed by atoms with Gasteiger partial charge in [-0.3, -0.25) is 0 Å². The van der Waals surface area contributed by atoms with Crippen molar-refractivity contribution in [3.8, 4) is 0 Å². The third-order valence-corrected chi connectivity index (χ3v) is 4.81. The third-order valence-electron chi connectivity index (χ3n) is 3.78. The summed E-state index contributed by atoms with van der Waals surface area (Å²) in [7, 11) is 2.04. The van der Waals surface area contributed by atoms with E-state index in [9.17, 15) is 5.11 Å². The van der Waals surface area contributed by atoms with Gasteiger partial charge in [-0.15, -0.1) is 0 Å². The summed E-state index contributed by atoms with van der Waals surface area (Å²) < 4.78 is 0.910. The minimum atomic E-state index is -0.486. The van der Waals surface area contributed by atoms with E-state index in [1.807, 2.05) is 49.5 Å². The topological polar surface area (TPSA) is 23.5 Å². The van der Waals surface area contributed by atoms with Gasteiger partial charge >= 0.3 is 0 Å². The molecule has 0 radical (unpaired) electrons. The molecule has 0 saturated heterocycles. The summed E-state index contributed by atoms with van der Waals surface area (Å²) in [5.74, 6) is 0. The van der Waals surface area contributed by atoms with E-state index in [0.29, 0.717) is 0 Å². The smallest absolute Gasteiger partial charge is 0.0772 e. The van der Waals surface area contributed by atoms with E-state index in [1.165, 1.54) is 0 Å². The third kappa shape index (κ3) is 3.60. The number of benzene rings is 2. The Labute approximate surface area is 139 Å². The normalized spacial score (nSPS) is 13.8. The summed E-state index contributed by atoms with van der Waals surface area (Å²) in [6.07, 6.45) is -0.486. The van der Waals surface area contributed by atoms with E-state index < -0.39 is 6.10 Å². The first-order valence-corrected chi connectivity index (χ1v) is 8.03. The highest BCUT2D eigenvalue weighted by Crippen LogP contribution is 2.33. The van der Waals surface area contributed by atoms with Crippen LogP contribution in [0.2, 0.25) is 5.02 Å². The molecule has 0 saturated carbocycles. The summed E-state index contributed by atoms with van der Waals surface area (Å²) >= 11 is 9.80. The molecule has 2 nitrogen and oxygen atoms in total. The molecule has 2 aromatic rings. The van der Waals surface area contributed by atoms with Crippen LogP contribution in [0.1, 0.15) is 37.1 Å². The van der Waals surface area contributed by atoms with Gasteiger partial charge in [-0.05, 0) is 43.2 Å². The van der Waals surface area contributed by atoms with Gasteiger partial charge in [0, 0.05) is 22.2 Å². The Bertz CT molecular complexity index is 630. The van der Waals surface area contributed by atoms with Crippen LogP contribution in [-0.2, 0) is 0 Å². The molecule has 0 aliphatic heterocycles. The Balaban J connectivity index is 2.30. The molecule has 2 aromatic carbocycles. The first-order valence-electron chi connectivity index (χ1n) is 6.86. The Kier molecular flexibility index (Phi) is 5.31. The van der Waals surface area contributed by atoms with E-state index in [4.69, 9.17) is 11.6 Å². The lowest BCUT2D eigenvalue weighted by molar-refractivity contribution is 0.198. The number of rotatable bonds is 4. The molecule has 0 amide bonds. The fourth-order valence-electron chi connectivity index (χ4n) is 2.32. The summed E-state index contributed by atoms with van der Waals surface area (Å²) in [5.41, 5.74) is 3.05. The largest absolute Gasteiger partial charge is 0.389 e. The molecular weight excluding hydrogens is 350 g/mol. The number of anilines is 1. The number of aliphatic hydroxyl groups excluding tert-OH is 1. The van der Waals surface area contributed by atoms with E-state index in [-0.39, 0.29) is 6.04 Å². The molecule has 2 rings (SSSR count). The molecule has 0 spiro atoms. The lowest BCUT2D eigenvalue weighted by atomic mass is 10.1. The maximum atomic E-state index is 9.70. The number of nitrogens with zero attached hydrogens (tertiary/aromatic N) is 1. The van der Waals surface area contributed by atoms with Gasteiger partial charge in [0.25, 0.3) is 0 Å². The Morgan fingerprint density at radius 3 is 2.33 bits per heavy atom. The predicted molar refractivity (Wildman–Crippen MR) is 93.0 cm³/mol. The zero-order chi connectivity index (χ0) is 15.6. The van der Waals surface area contributed by atoms with Gasteiger partial charge in [-0.25, -0.2) is 0 Å². The van der Waals surface area contributed by atoms with Crippen molar-refractivity contribution in [2.45, 2.75) is 26.0 Å². The number of aliphatic hydroxyl groups is 1. The average molecular weight is 369 g/mol. The van der Waals surface area contributed by atoms with Crippen LogP contribution in [0.4, 0.5) is 5.69 Å². The molecular formula is C17H19BrClNO. The average Bonchev–Trinajstić information content (AvgIpc) is 2.45. The Morgan fingerprint density at radius 2 is 1.76 bits per heavy atom. The summed E-state index contributed by atoms with van der Waals surface area (Å²) in [5, 5.41) is 10.5. The highest BCUT2D eigenvalue weighted by atomic mass is 79.9. The summed E-state index contributed by atoms with van der Waals surface area (Å²) in [6.45, 7) is 3.88. The zero-order valence-electron chi connectivity index (χ0n) is 12.3. The molecule has 112 valence electrons. The monoisotopic (exact) mass is 367 g/mol. The lowest BCUT2D eigenvalue weighted by Crippen LogP contribution is -2.22. The maximum Gasteiger partial charge on any atom is 0.0772 e. The van der Waals surface area contributed by atoms with Crippen LogP contribution in [-0.4, -0.2) is 12.2 Å². The van der Waals surface area contributed by atoms with Crippen LogP contribution in [0.15, 0.2) is 46.9 Å². The van der Waals surface area contributed by atoms with E-state index in [0.717, 1.165) is 26.3 Å². The predicted octanol–water partition coefficient (Wildman–Crippen LogP) is 5.35. The van der Waals surface area contributed by atoms with E-state index >= 15 is 0 Å². The van der Waals surface area contributed by atoms with Gasteiger partial charge < -0.3 is 10.0 Å². The molecule has 0 aromatic heterocycles. The molecule has 4 heteroatoms. The van der Waals surface area contributed by atoms with Crippen LogP contribution < -0.4 is 4.90 Å². The van der Waals surface area contributed by atoms with Crippen molar-refractivity contribution >= 4 is 33.2 Å². The van der Waals surface area contributed by atoms with Crippen molar-refractivity contribution in [3.05, 3.63) is 63.1 Å². The van der Waals surface area contributed by atoms with Gasteiger partial charge in [-0.2, -0.15) is 0 Å². The highest BCUT2D eigenvalue weighted by Gasteiger charge is 2.16. The summed E-state index contributed by atoms with van der Waals surface area (Å²) in [4.78, 5) is 2.16. The highest BCUT2D eigenvalue weighted by molar-refractivity contribution is 9.10. The van der Waals surface area contributed by atoms with Crippen molar-refractivity contribution in [3.63, 3.8) is 0 Å². The van der Waals surface area contributed by atoms with Crippen molar-refractivity contribution in [1.82, 2.24) is 0 Å². The second-order valence-corrected chi connectivity index (χ2v) is 6.45. The van der Waals surface area contributed by atoms with Crippen molar-refractivity contribution in [1.29, 1.82) is 0 Å². The minimum absolute atomic E-state index is 0.156. The van der Waals surface area contributed by atoms with Crippen molar-refractivity contribution in [2.75, 3.05) is 11.9 Å². The van der Waals surface area contributed by atoms with Gasteiger partial charge in [0.1, 0.15) is 0 Å². The maximum absolute atomic E-state index is 9.70. The molecule has 0 heterocycles. The minimum Gasteiger partial charge on any atom is -0.389 e. The molecule has 1 N–H and O–H groups in total. The SMILES string of the molecule is CC(O)c1ccc(N(C)C(C)c2ccccc2Cl)cc1Br. The van der Waals surface area contributed by atoms with Crippen LogP contribution in [0.25, 0.3) is 0 Å². The van der Waals surface area contributed by atoms with Gasteiger partial charge in [-0.1, -0.05) is 51.8 Å². The molecule has 0 fully saturated rings. The molecule has 0 bridgehead atoms. The molecule has 21 heavy (non-hydrogen) atoms. The number of hydrogen-bond donors (Lipinski definition) is 1. The van der Waals surface area contributed by atoms with E-state index in [2.05, 4.69) is 27.8 Å². The molecule has 2 unspecified atom stereocenters. The number of hydrogen-bond acceptors (Lipinski definition) is 2.